The van der Waals surface area contributed by atoms with Crippen molar-refractivity contribution in [2.24, 2.45) is 4.99 Å². The zero-order valence-corrected chi connectivity index (χ0v) is 18.2. The largest absolute Gasteiger partial charge is 0.453 e. The van der Waals surface area contributed by atoms with Crippen molar-refractivity contribution in [1.82, 2.24) is 15.5 Å². The number of anilines is 1. The monoisotopic (exact) mass is 417 g/mol. The molecule has 8 heteroatoms. The predicted octanol–water partition coefficient (Wildman–Crippen LogP) is 2.56. The van der Waals surface area contributed by atoms with Crippen LogP contribution in [0.15, 0.2) is 29.3 Å². The van der Waals surface area contributed by atoms with Gasteiger partial charge in [0.15, 0.2) is 5.96 Å². The van der Waals surface area contributed by atoms with E-state index in [1.807, 2.05) is 24.3 Å². The number of aliphatic imine (C=N–C) groups is 1. The van der Waals surface area contributed by atoms with Crippen molar-refractivity contribution in [3.05, 3.63) is 29.8 Å². The second-order valence-electron chi connectivity index (χ2n) is 7.98. The fraction of sp³-hybridized carbons (Fsp3) is 0.636. The molecule has 1 heterocycles. The number of amides is 1. The molecule has 1 aliphatic heterocycles. The van der Waals surface area contributed by atoms with Crippen LogP contribution in [0.3, 0.4) is 0 Å². The third kappa shape index (κ3) is 6.09. The summed E-state index contributed by atoms with van der Waals surface area (Å²) in [7, 11) is 3.16. The maximum Gasteiger partial charge on any atom is 0.411 e. The smallest absolute Gasteiger partial charge is 0.411 e. The first-order valence-electron chi connectivity index (χ1n) is 10.9. The first kappa shape index (κ1) is 22.4. The summed E-state index contributed by atoms with van der Waals surface area (Å²) in [6.07, 6.45) is 5.90. The minimum absolute atomic E-state index is 0.195. The van der Waals surface area contributed by atoms with Gasteiger partial charge in [-0.3, -0.25) is 15.2 Å². The number of hydrogen-bond acceptors (Lipinski definition) is 5. The number of benzene rings is 1. The number of morpholine rings is 1. The lowest BCUT2D eigenvalue weighted by Gasteiger charge is -2.48. The van der Waals surface area contributed by atoms with E-state index in [0.717, 1.165) is 44.4 Å². The van der Waals surface area contributed by atoms with Crippen LogP contribution in [0.25, 0.3) is 0 Å². The SMILES string of the molecule is CN=C(NCc1ccc(NC(=O)OC)cc1)NCC1(N2CCOCC2)CCCCC1. The molecule has 1 amide bonds. The van der Waals surface area contributed by atoms with E-state index in [4.69, 9.17) is 4.74 Å². The fourth-order valence-corrected chi connectivity index (χ4v) is 4.38. The van der Waals surface area contributed by atoms with Crippen molar-refractivity contribution in [1.29, 1.82) is 0 Å². The van der Waals surface area contributed by atoms with Crippen LogP contribution in [0.2, 0.25) is 0 Å². The van der Waals surface area contributed by atoms with E-state index < -0.39 is 6.09 Å². The van der Waals surface area contributed by atoms with Gasteiger partial charge in [-0.2, -0.15) is 0 Å². The summed E-state index contributed by atoms with van der Waals surface area (Å²) in [6.45, 7) is 5.24. The zero-order chi connectivity index (χ0) is 21.2. The van der Waals surface area contributed by atoms with Gasteiger partial charge in [-0.1, -0.05) is 31.4 Å². The molecule has 0 radical (unpaired) electrons. The molecule has 1 saturated heterocycles. The van der Waals surface area contributed by atoms with Gasteiger partial charge >= 0.3 is 6.09 Å². The van der Waals surface area contributed by atoms with Gasteiger partial charge in [0.25, 0.3) is 0 Å². The molecule has 1 aromatic carbocycles. The molecular formula is C22H35N5O3. The summed E-state index contributed by atoms with van der Waals surface area (Å²) < 4.78 is 10.2. The molecule has 2 fully saturated rings. The third-order valence-corrected chi connectivity index (χ3v) is 6.12. The third-order valence-electron chi connectivity index (χ3n) is 6.12. The van der Waals surface area contributed by atoms with E-state index in [9.17, 15) is 4.79 Å². The van der Waals surface area contributed by atoms with Crippen LogP contribution < -0.4 is 16.0 Å². The molecule has 0 aromatic heterocycles. The quantitative estimate of drug-likeness (QED) is 0.487. The van der Waals surface area contributed by atoms with Crippen LogP contribution in [0, 0.1) is 0 Å². The highest BCUT2D eigenvalue weighted by Crippen LogP contribution is 2.33. The summed E-state index contributed by atoms with van der Waals surface area (Å²) in [4.78, 5) is 18.3. The summed E-state index contributed by atoms with van der Waals surface area (Å²) in [5.41, 5.74) is 2.01. The highest BCUT2D eigenvalue weighted by atomic mass is 16.5. The fourth-order valence-electron chi connectivity index (χ4n) is 4.38. The first-order chi connectivity index (χ1) is 14.6. The topological polar surface area (TPSA) is 87.2 Å². The van der Waals surface area contributed by atoms with Crippen molar-refractivity contribution < 1.29 is 14.3 Å². The summed E-state index contributed by atoms with van der Waals surface area (Å²) in [5.74, 6) is 0.810. The number of carbonyl (C=O) groups is 1. The molecule has 2 aliphatic rings. The van der Waals surface area contributed by atoms with Crippen LogP contribution >= 0.6 is 0 Å². The van der Waals surface area contributed by atoms with Crippen molar-refractivity contribution in [2.45, 2.75) is 44.2 Å². The maximum atomic E-state index is 11.3. The van der Waals surface area contributed by atoms with Gasteiger partial charge in [-0.25, -0.2) is 4.79 Å². The Hall–Kier alpha value is -2.32. The highest BCUT2D eigenvalue weighted by Gasteiger charge is 2.38. The van der Waals surface area contributed by atoms with E-state index in [2.05, 4.69) is 30.6 Å². The van der Waals surface area contributed by atoms with E-state index in [0.29, 0.717) is 12.2 Å². The zero-order valence-electron chi connectivity index (χ0n) is 18.2. The Labute approximate surface area is 179 Å². The Morgan fingerprint density at radius 2 is 1.83 bits per heavy atom. The molecule has 0 unspecified atom stereocenters. The number of nitrogens with one attached hydrogen (secondary N) is 3. The predicted molar refractivity (Wildman–Crippen MR) is 119 cm³/mol. The lowest BCUT2D eigenvalue weighted by molar-refractivity contribution is -0.0352. The molecule has 1 saturated carbocycles. The molecule has 0 bridgehead atoms. The van der Waals surface area contributed by atoms with Crippen molar-refractivity contribution >= 4 is 17.7 Å². The minimum atomic E-state index is -0.470. The Bertz CT molecular complexity index is 695. The Balaban J connectivity index is 1.52. The lowest BCUT2D eigenvalue weighted by atomic mass is 9.80. The average Bonchev–Trinajstić information content (AvgIpc) is 2.81. The molecular weight excluding hydrogens is 382 g/mol. The van der Waals surface area contributed by atoms with E-state index in [-0.39, 0.29) is 5.54 Å². The first-order valence-corrected chi connectivity index (χ1v) is 10.9. The van der Waals surface area contributed by atoms with E-state index in [1.165, 1.54) is 39.2 Å². The number of ether oxygens (including phenoxy) is 2. The van der Waals surface area contributed by atoms with Gasteiger partial charge in [-0.05, 0) is 30.5 Å². The van der Waals surface area contributed by atoms with Gasteiger partial charge in [0.1, 0.15) is 0 Å². The Kier molecular flexibility index (Phi) is 8.33. The molecule has 3 N–H and O–H groups in total. The minimum Gasteiger partial charge on any atom is -0.453 e. The van der Waals surface area contributed by atoms with Crippen LogP contribution in [0.5, 0.6) is 0 Å². The number of methoxy groups -OCH3 is 1. The number of carbonyl (C=O) groups excluding carboxylic acids is 1. The van der Waals surface area contributed by atoms with E-state index >= 15 is 0 Å². The van der Waals surface area contributed by atoms with E-state index in [1.54, 1.807) is 7.05 Å². The molecule has 3 rings (SSSR count). The molecule has 8 nitrogen and oxygen atoms in total. The van der Waals surface area contributed by atoms with Crippen LogP contribution in [-0.4, -0.2) is 69.5 Å². The van der Waals surface area contributed by atoms with Crippen LogP contribution in [0.1, 0.15) is 37.7 Å². The van der Waals surface area contributed by atoms with Gasteiger partial charge in [0.05, 0.1) is 20.3 Å². The summed E-state index contributed by atoms with van der Waals surface area (Å²) >= 11 is 0. The Morgan fingerprint density at radius 1 is 1.13 bits per heavy atom. The maximum absolute atomic E-state index is 11.3. The molecule has 30 heavy (non-hydrogen) atoms. The lowest BCUT2D eigenvalue weighted by Crippen LogP contribution is -2.60. The van der Waals surface area contributed by atoms with Crippen molar-refractivity contribution in [3.63, 3.8) is 0 Å². The number of nitrogens with zero attached hydrogens (tertiary/aromatic N) is 2. The summed E-state index contributed by atoms with van der Waals surface area (Å²) in [5, 5.41) is 9.63. The number of rotatable bonds is 6. The van der Waals surface area contributed by atoms with Crippen LogP contribution in [0.4, 0.5) is 10.5 Å². The van der Waals surface area contributed by atoms with Gasteiger partial charge in [0, 0.05) is 44.5 Å². The van der Waals surface area contributed by atoms with Gasteiger partial charge in [-0.15, -0.1) is 0 Å². The van der Waals surface area contributed by atoms with Crippen molar-refractivity contribution in [2.75, 3.05) is 52.3 Å². The second-order valence-corrected chi connectivity index (χ2v) is 7.98. The normalized spacial score (nSPS) is 19.7. The molecule has 0 spiro atoms. The molecule has 1 aliphatic carbocycles. The number of guanidine groups is 1. The average molecular weight is 418 g/mol. The van der Waals surface area contributed by atoms with Crippen molar-refractivity contribution in [3.8, 4) is 0 Å². The molecule has 0 atom stereocenters. The molecule has 166 valence electrons. The van der Waals surface area contributed by atoms with Gasteiger partial charge in [0.2, 0.25) is 0 Å². The standard InChI is InChI=1S/C22H35N5O3/c1-23-20(24-16-18-6-8-19(9-7-18)26-21(28)29-2)25-17-22(10-4-3-5-11-22)27-12-14-30-15-13-27/h6-9H,3-5,10-17H2,1-2H3,(H,26,28)(H2,23,24,25). The Morgan fingerprint density at radius 3 is 2.47 bits per heavy atom. The highest BCUT2D eigenvalue weighted by molar-refractivity contribution is 5.84. The summed E-state index contributed by atoms with van der Waals surface area (Å²) in [6, 6.07) is 7.67. The molecule has 1 aromatic rings. The van der Waals surface area contributed by atoms with Gasteiger partial charge < -0.3 is 20.1 Å². The second kappa shape index (κ2) is 11.2. The van der Waals surface area contributed by atoms with Crippen LogP contribution in [-0.2, 0) is 16.0 Å². The number of hydrogen-bond donors (Lipinski definition) is 3.